The van der Waals surface area contributed by atoms with Crippen molar-refractivity contribution in [2.24, 2.45) is 5.92 Å². The summed E-state index contributed by atoms with van der Waals surface area (Å²) in [4.78, 5) is 0. The van der Waals surface area contributed by atoms with Crippen molar-refractivity contribution in [3.8, 4) is 12.3 Å². The van der Waals surface area contributed by atoms with E-state index in [1.807, 2.05) is 7.05 Å². The normalized spacial score (nSPS) is 13.5. The van der Waals surface area contributed by atoms with Crippen LogP contribution in [-0.2, 0) is 0 Å². The number of hydrogen-bond acceptors (Lipinski definition) is 2. The minimum atomic E-state index is 0.114. The predicted octanol–water partition coefficient (Wildman–Crippen LogP) is 4.05. The first-order chi connectivity index (χ1) is 9.97. The molecule has 0 amide bonds. The summed E-state index contributed by atoms with van der Waals surface area (Å²) in [5.41, 5.74) is 5.07. The Balaban J connectivity index is 2.59. The molecule has 1 aromatic carbocycles. The molecule has 116 valence electrons. The highest BCUT2D eigenvalue weighted by molar-refractivity contribution is 5.56. The first-order valence-electron chi connectivity index (χ1n) is 7.93. The maximum absolute atomic E-state index is 5.70. The van der Waals surface area contributed by atoms with Crippen molar-refractivity contribution in [1.29, 1.82) is 0 Å². The van der Waals surface area contributed by atoms with E-state index in [9.17, 15) is 0 Å². The minimum absolute atomic E-state index is 0.114. The SMILES string of the molecule is C#CC(CCC(C)CCNC)Nc1cc(C)c(C)cc1C. The largest absolute Gasteiger partial charge is 0.371 e. The maximum atomic E-state index is 5.70. The standard InChI is InChI=1S/C19H30N2/c1-7-18(9-8-14(2)10-11-20-6)21-19-13-16(4)15(3)12-17(19)5/h1,12-14,18,20-21H,8-11H2,2-6H3. The van der Waals surface area contributed by atoms with Gasteiger partial charge in [-0.2, -0.15) is 0 Å². The Labute approximate surface area is 130 Å². The molecule has 0 bridgehead atoms. The van der Waals surface area contributed by atoms with Crippen LogP contribution in [0.2, 0.25) is 0 Å². The molecule has 0 aliphatic rings. The summed E-state index contributed by atoms with van der Waals surface area (Å²) in [6.07, 6.45) is 9.09. The van der Waals surface area contributed by atoms with Crippen LogP contribution in [-0.4, -0.2) is 19.6 Å². The highest BCUT2D eigenvalue weighted by Gasteiger charge is 2.10. The molecule has 0 saturated heterocycles. The number of hydrogen-bond donors (Lipinski definition) is 2. The number of anilines is 1. The van der Waals surface area contributed by atoms with Crippen LogP contribution in [0.25, 0.3) is 0 Å². The smallest absolute Gasteiger partial charge is 0.0874 e. The van der Waals surface area contributed by atoms with Gasteiger partial charge in [0.2, 0.25) is 0 Å². The van der Waals surface area contributed by atoms with Crippen LogP contribution in [0.15, 0.2) is 12.1 Å². The van der Waals surface area contributed by atoms with Crippen molar-refractivity contribution in [1.82, 2.24) is 5.32 Å². The third-order valence-corrected chi connectivity index (χ3v) is 4.21. The minimum Gasteiger partial charge on any atom is -0.371 e. The summed E-state index contributed by atoms with van der Waals surface area (Å²) in [6.45, 7) is 9.80. The quantitative estimate of drug-likeness (QED) is 0.704. The van der Waals surface area contributed by atoms with E-state index in [0.717, 1.165) is 19.4 Å². The van der Waals surface area contributed by atoms with Crippen LogP contribution in [0, 0.1) is 39.0 Å². The van der Waals surface area contributed by atoms with Gasteiger partial charge in [-0.15, -0.1) is 6.42 Å². The fourth-order valence-corrected chi connectivity index (χ4v) is 2.49. The van der Waals surface area contributed by atoms with Gasteiger partial charge in [-0.05, 0) is 82.3 Å². The lowest BCUT2D eigenvalue weighted by atomic mass is 9.98. The van der Waals surface area contributed by atoms with Crippen LogP contribution in [0.1, 0.15) is 42.9 Å². The number of benzene rings is 1. The van der Waals surface area contributed by atoms with Crippen LogP contribution in [0.3, 0.4) is 0 Å². The van der Waals surface area contributed by atoms with Crippen molar-refractivity contribution >= 4 is 5.69 Å². The number of terminal acetylenes is 1. The van der Waals surface area contributed by atoms with E-state index >= 15 is 0 Å². The lowest BCUT2D eigenvalue weighted by Crippen LogP contribution is -2.20. The molecule has 0 aliphatic carbocycles. The molecule has 0 aromatic heterocycles. The second-order valence-corrected chi connectivity index (χ2v) is 6.19. The Hall–Kier alpha value is -1.46. The Morgan fingerprint density at radius 3 is 2.33 bits per heavy atom. The molecule has 0 aliphatic heterocycles. The summed E-state index contributed by atoms with van der Waals surface area (Å²) < 4.78 is 0. The summed E-state index contributed by atoms with van der Waals surface area (Å²) in [5, 5.41) is 6.73. The van der Waals surface area contributed by atoms with Gasteiger partial charge in [-0.1, -0.05) is 18.9 Å². The van der Waals surface area contributed by atoms with Gasteiger partial charge in [0.05, 0.1) is 6.04 Å². The molecule has 0 saturated carbocycles. The topological polar surface area (TPSA) is 24.1 Å². The molecule has 21 heavy (non-hydrogen) atoms. The van der Waals surface area contributed by atoms with Crippen molar-refractivity contribution in [2.45, 2.75) is 53.0 Å². The molecule has 0 radical (unpaired) electrons. The van der Waals surface area contributed by atoms with Gasteiger partial charge in [0, 0.05) is 5.69 Å². The van der Waals surface area contributed by atoms with E-state index in [0.29, 0.717) is 5.92 Å². The molecule has 0 spiro atoms. The third kappa shape index (κ3) is 5.81. The van der Waals surface area contributed by atoms with Crippen molar-refractivity contribution in [2.75, 3.05) is 18.9 Å². The monoisotopic (exact) mass is 286 g/mol. The van der Waals surface area contributed by atoms with E-state index in [-0.39, 0.29) is 6.04 Å². The second kappa shape index (κ2) is 8.74. The number of aryl methyl sites for hydroxylation is 3. The molecular weight excluding hydrogens is 256 g/mol. The van der Waals surface area contributed by atoms with Crippen LogP contribution in [0.4, 0.5) is 5.69 Å². The molecule has 0 heterocycles. The molecule has 2 unspecified atom stereocenters. The molecule has 2 heteroatoms. The molecule has 1 rings (SSSR count). The van der Waals surface area contributed by atoms with Crippen LogP contribution >= 0.6 is 0 Å². The zero-order valence-electron chi connectivity index (χ0n) is 14.2. The van der Waals surface area contributed by atoms with Gasteiger partial charge < -0.3 is 10.6 Å². The van der Waals surface area contributed by atoms with Gasteiger partial charge in [-0.3, -0.25) is 0 Å². The van der Waals surface area contributed by atoms with Crippen molar-refractivity contribution < 1.29 is 0 Å². The fraction of sp³-hybridized carbons (Fsp3) is 0.579. The zero-order valence-corrected chi connectivity index (χ0v) is 14.2. The Kier molecular flexibility index (Phi) is 7.32. The van der Waals surface area contributed by atoms with E-state index in [4.69, 9.17) is 6.42 Å². The lowest BCUT2D eigenvalue weighted by molar-refractivity contribution is 0.462. The average molecular weight is 286 g/mol. The van der Waals surface area contributed by atoms with Gasteiger partial charge >= 0.3 is 0 Å². The molecule has 0 fully saturated rings. The Morgan fingerprint density at radius 2 is 1.71 bits per heavy atom. The average Bonchev–Trinajstić information content (AvgIpc) is 2.46. The first kappa shape index (κ1) is 17.6. The van der Waals surface area contributed by atoms with Gasteiger partial charge in [0.1, 0.15) is 0 Å². The summed E-state index contributed by atoms with van der Waals surface area (Å²) >= 11 is 0. The van der Waals surface area contributed by atoms with Crippen LogP contribution < -0.4 is 10.6 Å². The molecular formula is C19H30N2. The van der Waals surface area contributed by atoms with Crippen LogP contribution in [0.5, 0.6) is 0 Å². The Bertz CT molecular complexity index is 485. The van der Waals surface area contributed by atoms with Crippen molar-refractivity contribution in [3.63, 3.8) is 0 Å². The van der Waals surface area contributed by atoms with Gasteiger partial charge in [0.15, 0.2) is 0 Å². The fourth-order valence-electron chi connectivity index (χ4n) is 2.49. The zero-order chi connectivity index (χ0) is 15.8. The molecule has 2 nitrogen and oxygen atoms in total. The van der Waals surface area contributed by atoms with E-state index in [1.165, 1.54) is 28.8 Å². The number of nitrogens with one attached hydrogen (secondary N) is 2. The van der Waals surface area contributed by atoms with Gasteiger partial charge in [0.25, 0.3) is 0 Å². The summed E-state index contributed by atoms with van der Waals surface area (Å²) in [7, 11) is 2.00. The highest BCUT2D eigenvalue weighted by Crippen LogP contribution is 2.22. The number of rotatable bonds is 8. The molecule has 2 atom stereocenters. The third-order valence-electron chi connectivity index (χ3n) is 4.21. The lowest BCUT2D eigenvalue weighted by Gasteiger charge is -2.19. The molecule has 1 aromatic rings. The van der Waals surface area contributed by atoms with Gasteiger partial charge in [-0.25, -0.2) is 0 Å². The maximum Gasteiger partial charge on any atom is 0.0874 e. The second-order valence-electron chi connectivity index (χ2n) is 6.19. The first-order valence-corrected chi connectivity index (χ1v) is 7.93. The Morgan fingerprint density at radius 1 is 1.05 bits per heavy atom. The van der Waals surface area contributed by atoms with Crippen molar-refractivity contribution in [3.05, 3.63) is 28.8 Å². The summed E-state index contributed by atoms with van der Waals surface area (Å²) in [5.74, 6) is 3.60. The van der Waals surface area contributed by atoms with E-state index in [2.05, 4.69) is 56.4 Å². The predicted molar refractivity (Wildman–Crippen MR) is 93.8 cm³/mol. The molecule has 2 N–H and O–H groups in total. The summed E-state index contributed by atoms with van der Waals surface area (Å²) in [6, 6.07) is 4.54. The highest BCUT2D eigenvalue weighted by atomic mass is 14.9. The van der Waals surface area contributed by atoms with E-state index < -0.39 is 0 Å². The van der Waals surface area contributed by atoms with E-state index in [1.54, 1.807) is 0 Å².